The zero-order chi connectivity index (χ0) is 10.7. The third-order valence-corrected chi connectivity index (χ3v) is 2.36. The minimum Gasteiger partial charge on any atom is -0.384 e. The molecule has 0 saturated heterocycles. The van der Waals surface area contributed by atoms with Gasteiger partial charge in [-0.3, -0.25) is 4.98 Å². The Hall–Kier alpha value is -1.90. The van der Waals surface area contributed by atoms with Gasteiger partial charge in [0.2, 0.25) is 0 Å². The van der Waals surface area contributed by atoms with Crippen LogP contribution in [0.25, 0.3) is 0 Å². The highest BCUT2D eigenvalue weighted by atomic mass is 14.8. The molecule has 0 atom stereocenters. The predicted molar refractivity (Wildman–Crippen MR) is 60.4 cm³/mol. The van der Waals surface area contributed by atoms with Gasteiger partial charge in [-0.2, -0.15) is 0 Å². The van der Waals surface area contributed by atoms with Gasteiger partial charge in [0, 0.05) is 25.0 Å². The van der Waals surface area contributed by atoms with E-state index >= 15 is 0 Å². The van der Waals surface area contributed by atoms with Crippen LogP contribution in [0, 0.1) is 6.92 Å². The molecule has 2 aromatic heterocycles. The highest BCUT2D eigenvalue weighted by molar-refractivity contribution is 5.38. The van der Waals surface area contributed by atoms with Crippen LogP contribution in [0.15, 0.2) is 36.8 Å². The number of rotatable bonds is 2. The Morgan fingerprint density at radius 3 is 2.87 bits per heavy atom. The van der Waals surface area contributed by atoms with Gasteiger partial charge in [0.25, 0.3) is 0 Å². The molecule has 2 N–H and O–H groups in total. The van der Waals surface area contributed by atoms with Crippen molar-refractivity contribution in [1.82, 2.24) is 9.97 Å². The van der Waals surface area contributed by atoms with Crippen LogP contribution >= 0.6 is 0 Å². The summed E-state index contributed by atoms with van der Waals surface area (Å²) in [5.74, 6) is 0.572. The standard InChI is InChI=1S/C12H13N3/c1-9-5-12(13)15-8-11(9)6-10-3-2-4-14-7-10/h2-5,7-8H,6H2,1H3,(H2,13,15). The molecule has 15 heavy (non-hydrogen) atoms. The van der Waals surface area contributed by atoms with Crippen molar-refractivity contribution in [3.63, 3.8) is 0 Å². The monoisotopic (exact) mass is 199 g/mol. The number of pyridine rings is 2. The summed E-state index contributed by atoms with van der Waals surface area (Å²) in [5, 5.41) is 0. The van der Waals surface area contributed by atoms with Crippen molar-refractivity contribution in [2.75, 3.05) is 5.73 Å². The van der Waals surface area contributed by atoms with E-state index in [1.165, 1.54) is 16.7 Å². The minimum atomic E-state index is 0.572. The smallest absolute Gasteiger partial charge is 0.123 e. The second-order valence-electron chi connectivity index (χ2n) is 3.57. The van der Waals surface area contributed by atoms with Gasteiger partial charge in [0.15, 0.2) is 0 Å². The van der Waals surface area contributed by atoms with Crippen LogP contribution in [0.5, 0.6) is 0 Å². The minimum absolute atomic E-state index is 0.572. The van der Waals surface area contributed by atoms with Crippen molar-refractivity contribution >= 4 is 5.82 Å². The first-order valence-electron chi connectivity index (χ1n) is 4.85. The molecule has 3 heteroatoms. The topological polar surface area (TPSA) is 51.8 Å². The van der Waals surface area contributed by atoms with E-state index in [0.29, 0.717) is 5.82 Å². The lowest BCUT2D eigenvalue weighted by Crippen LogP contribution is -1.97. The van der Waals surface area contributed by atoms with Gasteiger partial charge in [0.1, 0.15) is 5.82 Å². The summed E-state index contributed by atoms with van der Waals surface area (Å²) in [6, 6.07) is 5.89. The SMILES string of the molecule is Cc1cc(N)ncc1Cc1cccnc1. The molecule has 2 aromatic rings. The lowest BCUT2D eigenvalue weighted by Gasteiger charge is -2.05. The molecule has 0 fully saturated rings. The van der Waals surface area contributed by atoms with Crippen LogP contribution in [0.4, 0.5) is 5.82 Å². The largest absolute Gasteiger partial charge is 0.384 e. The summed E-state index contributed by atoms with van der Waals surface area (Å²) in [6.45, 7) is 2.05. The molecule has 0 aliphatic carbocycles. The van der Waals surface area contributed by atoms with Crippen LogP contribution in [0.2, 0.25) is 0 Å². The molecule has 0 bridgehead atoms. The molecular formula is C12H13N3. The van der Waals surface area contributed by atoms with E-state index in [9.17, 15) is 0 Å². The fraction of sp³-hybridized carbons (Fsp3) is 0.167. The van der Waals surface area contributed by atoms with Crippen molar-refractivity contribution < 1.29 is 0 Å². The molecule has 0 aliphatic rings. The second kappa shape index (κ2) is 4.09. The van der Waals surface area contributed by atoms with Gasteiger partial charge < -0.3 is 5.73 Å². The molecule has 3 nitrogen and oxygen atoms in total. The van der Waals surface area contributed by atoms with Gasteiger partial charge >= 0.3 is 0 Å². The number of nitrogens with zero attached hydrogens (tertiary/aromatic N) is 2. The summed E-state index contributed by atoms with van der Waals surface area (Å²) in [6.07, 6.45) is 6.33. The molecule has 0 aromatic carbocycles. The van der Waals surface area contributed by atoms with E-state index in [1.807, 2.05) is 31.5 Å². The summed E-state index contributed by atoms with van der Waals surface area (Å²) < 4.78 is 0. The average molecular weight is 199 g/mol. The van der Waals surface area contributed by atoms with E-state index in [4.69, 9.17) is 5.73 Å². The van der Waals surface area contributed by atoms with Crippen LogP contribution in [-0.2, 0) is 6.42 Å². The third kappa shape index (κ3) is 2.31. The molecule has 0 saturated carbocycles. The second-order valence-corrected chi connectivity index (χ2v) is 3.57. The lowest BCUT2D eigenvalue weighted by atomic mass is 10.0. The normalized spacial score (nSPS) is 10.2. The fourth-order valence-corrected chi connectivity index (χ4v) is 1.51. The van der Waals surface area contributed by atoms with Crippen molar-refractivity contribution in [3.8, 4) is 0 Å². The number of aromatic nitrogens is 2. The first-order chi connectivity index (χ1) is 7.25. The summed E-state index contributed by atoms with van der Waals surface area (Å²) >= 11 is 0. The number of nitrogens with two attached hydrogens (primary N) is 1. The number of anilines is 1. The number of nitrogen functional groups attached to an aromatic ring is 1. The van der Waals surface area contributed by atoms with E-state index in [2.05, 4.69) is 16.0 Å². The third-order valence-electron chi connectivity index (χ3n) is 2.36. The molecule has 0 amide bonds. The zero-order valence-electron chi connectivity index (χ0n) is 8.64. The van der Waals surface area contributed by atoms with E-state index in [-0.39, 0.29) is 0 Å². The molecule has 0 aliphatic heterocycles. The summed E-state index contributed by atoms with van der Waals surface area (Å²) in [5.41, 5.74) is 9.15. The fourth-order valence-electron chi connectivity index (χ4n) is 1.51. The Morgan fingerprint density at radius 1 is 1.33 bits per heavy atom. The van der Waals surface area contributed by atoms with E-state index in [0.717, 1.165) is 6.42 Å². The maximum Gasteiger partial charge on any atom is 0.123 e. The van der Waals surface area contributed by atoms with E-state index in [1.54, 1.807) is 6.20 Å². The van der Waals surface area contributed by atoms with Gasteiger partial charge in [0.05, 0.1) is 0 Å². The summed E-state index contributed by atoms with van der Waals surface area (Å²) in [4.78, 5) is 8.18. The Labute approximate surface area is 89.0 Å². The molecule has 0 spiro atoms. The van der Waals surface area contributed by atoms with Gasteiger partial charge in [-0.05, 0) is 35.7 Å². The van der Waals surface area contributed by atoms with Crippen molar-refractivity contribution in [3.05, 3.63) is 53.5 Å². The first-order valence-corrected chi connectivity index (χ1v) is 4.85. The molecule has 2 rings (SSSR count). The Balaban J connectivity index is 2.25. The maximum atomic E-state index is 5.60. The Kier molecular flexibility index (Phi) is 2.63. The van der Waals surface area contributed by atoms with Crippen LogP contribution in [0.1, 0.15) is 16.7 Å². The van der Waals surface area contributed by atoms with Crippen LogP contribution in [0.3, 0.4) is 0 Å². The highest BCUT2D eigenvalue weighted by Gasteiger charge is 2.01. The number of hydrogen-bond donors (Lipinski definition) is 1. The maximum absolute atomic E-state index is 5.60. The van der Waals surface area contributed by atoms with Crippen LogP contribution < -0.4 is 5.73 Å². The quantitative estimate of drug-likeness (QED) is 0.804. The molecule has 0 radical (unpaired) electrons. The predicted octanol–water partition coefficient (Wildman–Crippen LogP) is 1.96. The van der Waals surface area contributed by atoms with Crippen LogP contribution in [-0.4, -0.2) is 9.97 Å². The zero-order valence-corrected chi connectivity index (χ0v) is 8.64. The van der Waals surface area contributed by atoms with Crippen molar-refractivity contribution in [2.24, 2.45) is 0 Å². The number of aryl methyl sites for hydroxylation is 1. The first kappa shape index (κ1) is 9.65. The van der Waals surface area contributed by atoms with Crippen molar-refractivity contribution in [2.45, 2.75) is 13.3 Å². The van der Waals surface area contributed by atoms with E-state index < -0.39 is 0 Å². The van der Waals surface area contributed by atoms with Gasteiger partial charge in [-0.15, -0.1) is 0 Å². The van der Waals surface area contributed by atoms with Gasteiger partial charge in [-0.25, -0.2) is 4.98 Å². The van der Waals surface area contributed by atoms with Crippen molar-refractivity contribution in [1.29, 1.82) is 0 Å². The Bertz CT molecular complexity index is 452. The molecule has 76 valence electrons. The lowest BCUT2D eigenvalue weighted by molar-refractivity contribution is 1.09. The molecule has 2 heterocycles. The average Bonchev–Trinajstić information content (AvgIpc) is 2.24. The van der Waals surface area contributed by atoms with Gasteiger partial charge in [-0.1, -0.05) is 6.07 Å². The molecular weight excluding hydrogens is 186 g/mol. The Morgan fingerprint density at radius 2 is 2.20 bits per heavy atom. The molecule has 0 unspecified atom stereocenters. The number of hydrogen-bond acceptors (Lipinski definition) is 3. The summed E-state index contributed by atoms with van der Waals surface area (Å²) in [7, 11) is 0. The highest BCUT2D eigenvalue weighted by Crippen LogP contribution is 2.13.